The number of likely N-dealkylation sites (N-methyl/N-ethyl adjacent to an activating group) is 1. The molecule has 1 fully saturated rings. The van der Waals surface area contributed by atoms with Gasteiger partial charge < -0.3 is 30.6 Å². The van der Waals surface area contributed by atoms with Crippen LogP contribution in [0, 0.1) is 0 Å². The number of nitrogens with two attached hydrogens (primary N) is 2. The number of pyridine rings is 1. The van der Waals surface area contributed by atoms with Gasteiger partial charge in [-0.3, -0.25) is 9.59 Å². The van der Waals surface area contributed by atoms with Gasteiger partial charge in [-0.05, 0) is 35.7 Å². The molecule has 0 unspecified atom stereocenters. The molecular formula is C31H35N11O3. The van der Waals surface area contributed by atoms with E-state index in [2.05, 4.69) is 50.0 Å². The van der Waals surface area contributed by atoms with Gasteiger partial charge in [0.25, 0.3) is 6.01 Å². The van der Waals surface area contributed by atoms with E-state index in [0.29, 0.717) is 59.0 Å². The number of hydrogen-bond donors (Lipinski definition) is 2. The summed E-state index contributed by atoms with van der Waals surface area (Å²) >= 11 is 0. The number of nitrogen functional groups attached to an aromatic ring is 2. The lowest BCUT2D eigenvalue weighted by Gasteiger charge is -2.34. The molecule has 0 aliphatic carbocycles. The van der Waals surface area contributed by atoms with E-state index in [1.165, 1.54) is 11.9 Å². The van der Waals surface area contributed by atoms with Crippen molar-refractivity contribution in [2.75, 3.05) is 50.7 Å². The van der Waals surface area contributed by atoms with E-state index < -0.39 is 0 Å². The molecule has 2 aliphatic heterocycles. The zero-order valence-electron chi connectivity index (χ0n) is 25.1. The molecule has 14 heteroatoms. The van der Waals surface area contributed by atoms with E-state index in [1.807, 2.05) is 14.5 Å². The van der Waals surface area contributed by atoms with Crippen LogP contribution in [0.25, 0.3) is 33.5 Å². The molecule has 1 aromatic carbocycles. The standard InChI is InChI=1S/C31H35N11O3/c1-2-39-9-11-40(12-10-39)24(43)5-6-25(44)41-8-7-20-13-19(3-4-21(20)17-41)16-42-29-26(28(32)35-18-36-29)27(38-42)22-14-23-30(34-15-22)45-31(33)37-23/h3-4,13-15,18H,2,5-12,16-17H2,1H3,(H2,33,37)(H2,32,35,36). The molecule has 0 bridgehead atoms. The summed E-state index contributed by atoms with van der Waals surface area (Å²) in [5.74, 6) is 0.415. The molecule has 4 N–H and O–H groups in total. The minimum absolute atomic E-state index is 0.0269. The minimum Gasteiger partial charge on any atom is -0.405 e. The topological polar surface area (TPSA) is 178 Å². The van der Waals surface area contributed by atoms with Crippen LogP contribution in [0.15, 0.2) is 41.2 Å². The van der Waals surface area contributed by atoms with Gasteiger partial charge in [0.1, 0.15) is 23.4 Å². The average Bonchev–Trinajstić information content (AvgIpc) is 3.62. The molecule has 0 spiro atoms. The van der Waals surface area contributed by atoms with Crippen LogP contribution >= 0.6 is 0 Å². The summed E-state index contributed by atoms with van der Waals surface area (Å²) in [6.45, 7) is 8.03. The summed E-state index contributed by atoms with van der Waals surface area (Å²) < 4.78 is 7.12. The molecule has 0 saturated carbocycles. The highest BCUT2D eigenvalue weighted by Gasteiger charge is 2.25. The molecule has 1 saturated heterocycles. The summed E-state index contributed by atoms with van der Waals surface area (Å²) in [5.41, 5.74) is 18.1. The van der Waals surface area contributed by atoms with Gasteiger partial charge in [0, 0.05) is 63.9 Å². The summed E-state index contributed by atoms with van der Waals surface area (Å²) in [6.07, 6.45) is 4.32. The number of oxazole rings is 1. The van der Waals surface area contributed by atoms with Crippen LogP contribution in [0.5, 0.6) is 0 Å². The van der Waals surface area contributed by atoms with Crippen molar-refractivity contribution in [3.8, 4) is 11.3 Å². The number of carbonyl (C=O) groups is 2. The molecule has 2 amide bonds. The monoisotopic (exact) mass is 609 g/mol. The van der Waals surface area contributed by atoms with E-state index in [4.69, 9.17) is 21.0 Å². The van der Waals surface area contributed by atoms with Crippen LogP contribution < -0.4 is 11.5 Å². The van der Waals surface area contributed by atoms with Crippen LogP contribution in [-0.2, 0) is 29.1 Å². The summed E-state index contributed by atoms with van der Waals surface area (Å²) in [5, 5.41) is 5.50. The molecule has 7 rings (SSSR count). The normalized spacial score (nSPS) is 15.6. The summed E-state index contributed by atoms with van der Waals surface area (Å²) in [6, 6.07) is 8.14. The Balaban J connectivity index is 1.04. The maximum Gasteiger partial charge on any atom is 0.294 e. The maximum atomic E-state index is 13.0. The Labute approximate surface area is 259 Å². The first-order valence-electron chi connectivity index (χ1n) is 15.2. The van der Waals surface area contributed by atoms with Gasteiger partial charge in [-0.1, -0.05) is 25.1 Å². The summed E-state index contributed by atoms with van der Waals surface area (Å²) in [7, 11) is 0. The molecule has 0 atom stereocenters. The van der Waals surface area contributed by atoms with Gasteiger partial charge in [0.05, 0.1) is 11.9 Å². The van der Waals surface area contributed by atoms with E-state index in [-0.39, 0.29) is 30.7 Å². The Kier molecular flexibility index (Phi) is 7.49. The third kappa shape index (κ3) is 5.64. The van der Waals surface area contributed by atoms with Gasteiger partial charge in [0.15, 0.2) is 5.65 Å². The first-order chi connectivity index (χ1) is 21.9. The van der Waals surface area contributed by atoms with Crippen molar-refractivity contribution in [2.24, 2.45) is 0 Å². The van der Waals surface area contributed by atoms with Crippen molar-refractivity contribution in [3.63, 3.8) is 0 Å². The zero-order chi connectivity index (χ0) is 31.1. The third-order valence-electron chi connectivity index (χ3n) is 8.79. The van der Waals surface area contributed by atoms with E-state index in [1.54, 1.807) is 12.3 Å². The summed E-state index contributed by atoms with van der Waals surface area (Å²) in [4.78, 5) is 49.0. The second-order valence-electron chi connectivity index (χ2n) is 11.5. The number of anilines is 2. The molecule has 6 heterocycles. The van der Waals surface area contributed by atoms with E-state index >= 15 is 0 Å². The first kappa shape index (κ1) is 28.6. The number of aromatic nitrogens is 6. The molecule has 5 aromatic rings. The molecule has 4 aromatic heterocycles. The smallest absolute Gasteiger partial charge is 0.294 e. The van der Waals surface area contributed by atoms with Crippen LogP contribution in [-0.4, -0.2) is 95.5 Å². The number of amides is 2. The van der Waals surface area contributed by atoms with Gasteiger partial charge >= 0.3 is 0 Å². The lowest BCUT2D eigenvalue weighted by molar-refractivity contribution is -0.138. The lowest BCUT2D eigenvalue weighted by atomic mass is 9.97. The SMILES string of the molecule is CCN1CCN(C(=O)CCC(=O)N2CCc3cc(Cn4nc(-c5cnc6oc(N)nc6c5)c5c(N)ncnc54)ccc3C2)CC1. The Morgan fingerprint density at radius 1 is 0.933 bits per heavy atom. The van der Waals surface area contributed by atoms with Crippen molar-refractivity contribution in [1.82, 2.24) is 44.4 Å². The van der Waals surface area contributed by atoms with Gasteiger partial charge in [-0.25, -0.2) is 19.6 Å². The van der Waals surface area contributed by atoms with Crippen LogP contribution in [0.3, 0.4) is 0 Å². The number of hydrogen-bond acceptors (Lipinski definition) is 11. The maximum absolute atomic E-state index is 13.0. The fourth-order valence-electron chi connectivity index (χ4n) is 6.25. The molecule has 14 nitrogen and oxygen atoms in total. The second kappa shape index (κ2) is 11.8. The predicted molar refractivity (Wildman–Crippen MR) is 168 cm³/mol. The van der Waals surface area contributed by atoms with Gasteiger partial charge in [-0.2, -0.15) is 10.1 Å². The molecule has 232 valence electrons. The molecule has 45 heavy (non-hydrogen) atoms. The number of benzene rings is 1. The van der Waals surface area contributed by atoms with Crippen molar-refractivity contribution in [2.45, 2.75) is 39.3 Å². The van der Waals surface area contributed by atoms with E-state index in [0.717, 1.165) is 50.3 Å². The van der Waals surface area contributed by atoms with Crippen molar-refractivity contribution in [3.05, 3.63) is 53.5 Å². The van der Waals surface area contributed by atoms with E-state index in [9.17, 15) is 9.59 Å². The first-order valence-corrected chi connectivity index (χ1v) is 15.2. The minimum atomic E-state index is 0.0269. The third-order valence-corrected chi connectivity index (χ3v) is 8.79. The highest BCUT2D eigenvalue weighted by Crippen LogP contribution is 2.32. The number of carbonyl (C=O) groups excluding carboxylic acids is 2. The lowest BCUT2D eigenvalue weighted by Crippen LogP contribution is -2.48. The Bertz CT molecular complexity index is 1910. The number of piperazine rings is 1. The van der Waals surface area contributed by atoms with Crippen LogP contribution in [0.1, 0.15) is 36.5 Å². The van der Waals surface area contributed by atoms with Gasteiger partial charge in [-0.15, -0.1) is 0 Å². The number of fused-ring (bicyclic) bond motifs is 3. The predicted octanol–water partition coefficient (Wildman–Crippen LogP) is 2.07. The average molecular weight is 610 g/mol. The fourth-order valence-corrected chi connectivity index (χ4v) is 6.25. The Morgan fingerprint density at radius 3 is 2.53 bits per heavy atom. The highest BCUT2D eigenvalue weighted by molar-refractivity contribution is 5.99. The molecule has 2 aliphatic rings. The zero-order valence-corrected chi connectivity index (χ0v) is 25.1. The molecule has 0 radical (unpaired) electrons. The Hall–Kier alpha value is -5.11. The number of nitrogens with zero attached hydrogens (tertiary/aromatic N) is 9. The van der Waals surface area contributed by atoms with Gasteiger partial charge in [0.2, 0.25) is 17.5 Å². The highest BCUT2D eigenvalue weighted by atomic mass is 16.4. The van der Waals surface area contributed by atoms with Crippen molar-refractivity contribution >= 4 is 45.9 Å². The van der Waals surface area contributed by atoms with Crippen molar-refractivity contribution in [1.29, 1.82) is 0 Å². The quantitative estimate of drug-likeness (QED) is 0.276. The van der Waals surface area contributed by atoms with Crippen LogP contribution in [0.2, 0.25) is 0 Å². The molecular weight excluding hydrogens is 574 g/mol. The second-order valence-corrected chi connectivity index (χ2v) is 11.5. The fraction of sp³-hybridized carbons (Fsp3) is 0.387. The Morgan fingerprint density at radius 2 is 1.73 bits per heavy atom. The van der Waals surface area contributed by atoms with Crippen LogP contribution in [0.4, 0.5) is 11.8 Å². The van der Waals surface area contributed by atoms with Crippen molar-refractivity contribution < 1.29 is 14.0 Å². The number of rotatable bonds is 7. The largest absolute Gasteiger partial charge is 0.405 e.